The lowest BCUT2D eigenvalue weighted by atomic mass is 10.0. The average Bonchev–Trinajstić information content (AvgIpc) is 3.11. The summed E-state index contributed by atoms with van der Waals surface area (Å²) in [4.78, 5) is 12.3. The molecule has 1 aromatic heterocycles. The molecule has 0 amide bonds. The highest BCUT2D eigenvalue weighted by atomic mass is 16.5. The van der Waals surface area contributed by atoms with E-state index in [4.69, 9.17) is 9.15 Å². The molecule has 124 valence electrons. The van der Waals surface area contributed by atoms with Crippen LogP contribution in [-0.4, -0.2) is 24.4 Å². The van der Waals surface area contributed by atoms with Crippen molar-refractivity contribution in [2.45, 2.75) is 25.5 Å². The first kappa shape index (κ1) is 15.2. The van der Waals surface area contributed by atoms with Crippen LogP contribution in [0.15, 0.2) is 45.6 Å². The molecule has 1 atom stereocenters. The van der Waals surface area contributed by atoms with E-state index < -0.39 is 0 Å². The number of rotatable bonds is 4. The van der Waals surface area contributed by atoms with Crippen LogP contribution in [0.5, 0.6) is 5.75 Å². The topological polar surface area (TPSA) is 71.7 Å². The Bertz CT molecular complexity index is 941. The van der Waals surface area contributed by atoms with Crippen LogP contribution in [0, 0.1) is 0 Å². The second-order valence-corrected chi connectivity index (χ2v) is 6.14. The van der Waals surface area contributed by atoms with E-state index in [0.29, 0.717) is 29.6 Å². The van der Waals surface area contributed by atoms with Crippen molar-refractivity contribution in [3.63, 3.8) is 0 Å². The lowest BCUT2D eigenvalue weighted by molar-refractivity contribution is 0.110. The van der Waals surface area contributed by atoms with Gasteiger partial charge in [0, 0.05) is 25.1 Å². The predicted molar refractivity (Wildman–Crippen MR) is 92.3 cm³/mol. The van der Waals surface area contributed by atoms with Crippen LogP contribution in [0.4, 0.5) is 0 Å². The molecule has 0 saturated carbocycles. The zero-order valence-corrected chi connectivity index (χ0v) is 13.2. The van der Waals surface area contributed by atoms with Crippen molar-refractivity contribution in [1.29, 1.82) is 0 Å². The Morgan fingerprint density at radius 3 is 2.75 bits per heavy atom. The van der Waals surface area contributed by atoms with Gasteiger partial charge in [0.1, 0.15) is 11.3 Å². The molecule has 4 rings (SSSR count). The maximum Gasteiger partial charge on any atom is 0.344 e. The standard InChI is InChI=1S/C19H19NO4/c21-17-8-7-14-13-5-1-2-6-15(13)19(22)24-18(14)16(17)11-20-10-12-4-3-9-23-12/h1-2,5-8,12,20-21H,3-4,9-11H2/t12-/m0/s1. The minimum absolute atomic E-state index is 0.126. The third-order valence-corrected chi connectivity index (χ3v) is 4.57. The van der Waals surface area contributed by atoms with E-state index in [0.717, 1.165) is 30.2 Å². The van der Waals surface area contributed by atoms with E-state index >= 15 is 0 Å². The third kappa shape index (κ3) is 2.66. The van der Waals surface area contributed by atoms with Crippen molar-refractivity contribution in [3.8, 4) is 5.75 Å². The zero-order valence-electron chi connectivity index (χ0n) is 13.2. The average molecular weight is 325 g/mol. The summed E-state index contributed by atoms with van der Waals surface area (Å²) < 4.78 is 11.1. The first-order chi connectivity index (χ1) is 11.7. The lowest BCUT2D eigenvalue weighted by Crippen LogP contribution is -2.26. The van der Waals surface area contributed by atoms with Gasteiger partial charge in [-0.25, -0.2) is 4.79 Å². The molecule has 0 radical (unpaired) electrons. The van der Waals surface area contributed by atoms with Gasteiger partial charge in [0.25, 0.3) is 0 Å². The van der Waals surface area contributed by atoms with Gasteiger partial charge in [-0.15, -0.1) is 0 Å². The first-order valence-electron chi connectivity index (χ1n) is 8.23. The minimum Gasteiger partial charge on any atom is -0.507 e. The SMILES string of the molecule is O=c1oc2c(CNC[C@@H]3CCCO3)c(O)ccc2c2ccccc12. The van der Waals surface area contributed by atoms with E-state index in [2.05, 4.69) is 5.32 Å². The molecule has 2 heterocycles. The molecular formula is C19H19NO4. The number of ether oxygens (including phenoxy) is 1. The molecule has 1 aliphatic rings. The summed E-state index contributed by atoms with van der Waals surface area (Å²) in [5, 5.41) is 15.7. The quantitative estimate of drug-likeness (QED) is 0.570. The van der Waals surface area contributed by atoms with Crippen molar-refractivity contribution in [2.24, 2.45) is 0 Å². The van der Waals surface area contributed by atoms with E-state index in [1.165, 1.54) is 0 Å². The number of aromatic hydroxyl groups is 1. The molecule has 1 fully saturated rings. The highest BCUT2D eigenvalue weighted by Crippen LogP contribution is 2.30. The van der Waals surface area contributed by atoms with E-state index in [1.54, 1.807) is 18.2 Å². The Labute approximate surface area is 138 Å². The van der Waals surface area contributed by atoms with Crippen molar-refractivity contribution in [1.82, 2.24) is 5.32 Å². The molecule has 3 aromatic rings. The Hall–Kier alpha value is -2.37. The van der Waals surface area contributed by atoms with Crippen molar-refractivity contribution >= 4 is 21.7 Å². The smallest absolute Gasteiger partial charge is 0.344 e. The van der Waals surface area contributed by atoms with Gasteiger partial charge >= 0.3 is 5.63 Å². The summed E-state index contributed by atoms with van der Waals surface area (Å²) in [6.45, 7) is 1.95. The van der Waals surface area contributed by atoms with Crippen molar-refractivity contribution < 1.29 is 14.3 Å². The largest absolute Gasteiger partial charge is 0.507 e. The van der Waals surface area contributed by atoms with Crippen LogP contribution >= 0.6 is 0 Å². The Kier molecular flexibility index (Phi) is 3.96. The molecule has 0 aliphatic carbocycles. The number of hydrogen-bond acceptors (Lipinski definition) is 5. The van der Waals surface area contributed by atoms with Crippen LogP contribution in [0.2, 0.25) is 0 Å². The predicted octanol–water partition coefficient (Wildman–Crippen LogP) is 2.92. The Balaban J connectivity index is 1.73. The number of benzene rings is 2. The lowest BCUT2D eigenvalue weighted by Gasteiger charge is -2.13. The number of nitrogens with one attached hydrogen (secondary N) is 1. The molecule has 1 aliphatic heterocycles. The highest BCUT2D eigenvalue weighted by molar-refractivity contribution is 6.05. The molecule has 24 heavy (non-hydrogen) atoms. The summed E-state index contributed by atoms with van der Waals surface area (Å²) in [5.41, 5.74) is 0.663. The fourth-order valence-electron chi connectivity index (χ4n) is 3.32. The summed E-state index contributed by atoms with van der Waals surface area (Å²) >= 11 is 0. The second kappa shape index (κ2) is 6.26. The molecule has 2 N–H and O–H groups in total. The van der Waals surface area contributed by atoms with Crippen LogP contribution < -0.4 is 10.9 Å². The Morgan fingerprint density at radius 2 is 1.96 bits per heavy atom. The van der Waals surface area contributed by atoms with Crippen molar-refractivity contribution in [2.75, 3.05) is 13.2 Å². The molecule has 0 spiro atoms. The fourth-order valence-corrected chi connectivity index (χ4v) is 3.32. The van der Waals surface area contributed by atoms with Gasteiger partial charge in [-0.05, 0) is 36.4 Å². The summed E-state index contributed by atoms with van der Waals surface area (Å²) in [5.74, 6) is 0.126. The van der Waals surface area contributed by atoms with Crippen molar-refractivity contribution in [3.05, 3.63) is 52.4 Å². The normalized spacial score (nSPS) is 17.8. The van der Waals surface area contributed by atoms with Gasteiger partial charge in [-0.1, -0.05) is 18.2 Å². The molecule has 0 bridgehead atoms. The van der Waals surface area contributed by atoms with Crippen LogP contribution in [0.25, 0.3) is 21.7 Å². The summed E-state index contributed by atoms with van der Waals surface area (Å²) in [6.07, 6.45) is 2.36. The first-order valence-corrected chi connectivity index (χ1v) is 8.23. The van der Waals surface area contributed by atoms with E-state index in [-0.39, 0.29) is 17.5 Å². The second-order valence-electron chi connectivity index (χ2n) is 6.14. The molecule has 1 saturated heterocycles. The number of phenolic OH excluding ortho intramolecular Hbond substituents is 1. The molecule has 5 heteroatoms. The highest BCUT2D eigenvalue weighted by Gasteiger charge is 2.17. The number of phenols is 1. The third-order valence-electron chi connectivity index (χ3n) is 4.57. The molecule has 5 nitrogen and oxygen atoms in total. The summed E-state index contributed by atoms with van der Waals surface area (Å²) in [7, 11) is 0. The van der Waals surface area contributed by atoms with Gasteiger partial charge in [-0.3, -0.25) is 0 Å². The van der Waals surface area contributed by atoms with Crippen LogP contribution in [0.3, 0.4) is 0 Å². The maximum atomic E-state index is 12.3. The number of fused-ring (bicyclic) bond motifs is 3. The maximum absolute atomic E-state index is 12.3. The molecule has 2 aromatic carbocycles. The molecular weight excluding hydrogens is 306 g/mol. The van der Waals surface area contributed by atoms with Gasteiger partial charge in [0.2, 0.25) is 0 Å². The zero-order chi connectivity index (χ0) is 16.5. The Morgan fingerprint density at radius 1 is 1.12 bits per heavy atom. The van der Waals surface area contributed by atoms with Crippen LogP contribution in [0.1, 0.15) is 18.4 Å². The van der Waals surface area contributed by atoms with Gasteiger partial charge in [0.15, 0.2) is 0 Å². The van der Waals surface area contributed by atoms with Gasteiger partial charge in [-0.2, -0.15) is 0 Å². The van der Waals surface area contributed by atoms with Gasteiger partial charge in [0.05, 0.1) is 17.1 Å². The van der Waals surface area contributed by atoms with E-state index in [1.807, 2.05) is 18.2 Å². The summed E-state index contributed by atoms with van der Waals surface area (Å²) in [6, 6.07) is 10.8. The molecule has 0 unspecified atom stereocenters. The fraction of sp³-hybridized carbons (Fsp3) is 0.316. The van der Waals surface area contributed by atoms with Gasteiger partial charge < -0.3 is 19.6 Å². The van der Waals surface area contributed by atoms with Crippen LogP contribution in [-0.2, 0) is 11.3 Å². The number of hydrogen-bond donors (Lipinski definition) is 2. The van der Waals surface area contributed by atoms with E-state index in [9.17, 15) is 9.90 Å². The monoisotopic (exact) mass is 325 g/mol. The minimum atomic E-state index is -0.385.